The van der Waals surface area contributed by atoms with Crippen LogP contribution in [0.15, 0.2) is 41.3 Å². The number of nitrogens with one attached hydrogen (secondary N) is 1. The molecule has 0 fully saturated rings. The van der Waals surface area contributed by atoms with Crippen LogP contribution in [-0.4, -0.2) is 16.3 Å². The molecule has 0 saturated carbocycles. The third kappa shape index (κ3) is 3.32. The number of aromatic nitrogens is 1. The summed E-state index contributed by atoms with van der Waals surface area (Å²) in [5.41, 5.74) is 1.80. The van der Waals surface area contributed by atoms with E-state index >= 15 is 0 Å². The zero-order valence-electron chi connectivity index (χ0n) is 11.6. The second-order valence-corrected chi connectivity index (χ2v) is 4.46. The number of hydrogen-bond donors (Lipinski definition) is 2. The van der Waals surface area contributed by atoms with Gasteiger partial charge in [-0.2, -0.15) is 0 Å². The lowest BCUT2D eigenvalue weighted by Gasteiger charge is -2.10. The number of nitrogens with zero attached hydrogens (tertiary/aromatic N) is 1. The Kier molecular flexibility index (Phi) is 4.30. The lowest BCUT2D eigenvalue weighted by atomic mass is 10.2. The van der Waals surface area contributed by atoms with E-state index in [0.717, 1.165) is 11.3 Å². The van der Waals surface area contributed by atoms with Crippen LogP contribution in [0.25, 0.3) is 0 Å². The normalized spacial score (nSPS) is 10.3. The van der Waals surface area contributed by atoms with Gasteiger partial charge in [-0.15, -0.1) is 0 Å². The molecule has 0 radical (unpaired) electrons. The molecule has 1 aromatic carbocycles. The molecule has 0 amide bonds. The maximum absolute atomic E-state index is 11.3. The third-order valence-electron chi connectivity index (χ3n) is 2.91. The van der Waals surface area contributed by atoms with Crippen LogP contribution in [0.4, 0.5) is 5.69 Å². The molecular weight excluding hydrogens is 256 g/mol. The number of pyridine rings is 1. The molecule has 1 heterocycles. The molecule has 0 bridgehead atoms. The van der Waals surface area contributed by atoms with Crippen molar-refractivity contribution in [3.8, 4) is 11.5 Å². The number of phenolic OH excluding ortho intramolecular Hbond substituents is 1. The fraction of sp³-hybridized carbons (Fsp3) is 0.267. The van der Waals surface area contributed by atoms with Gasteiger partial charge in [0.15, 0.2) is 11.5 Å². The van der Waals surface area contributed by atoms with E-state index in [-0.39, 0.29) is 11.3 Å². The van der Waals surface area contributed by atoms with Crippen molar-refractivity contribution in [3.63, 3.8) is 0 Å². The fourth-order valence-corrected chi connectivity index (χ4v) is 1.84. The van der Waals surface area contributed by atoms with Gasteiger partial charge in [-0.1, -0.05) is 6.07 Å². The molecule has 0 saturated heterocycles. The van der Waals surface area contributed by atoms with E-state index in [9.17, 15) is 9.90 Å². The summed E-state index contributed by atoms with van der Waals surface area (Å²) in [5, 5.41) is 12.9. The monoisotopic (exact) mass is 274 g/mol. The van der Waals surface area contributed by atoms with E-state index in [2.05, 4.69) is 5.32 Å². The van der Waals surface area contributed by atoms with E-state index < -0.39 is 0 Å². The van der Waals surface area contributed by atoms with Crippen LogP contribution < -0.4 is 15.6 Å². The highest BCUT2D eigenvalue weighted by atomic mass is 16.5. The van der Waals surface area contributed by atoms with Gasteiger partial charge in [0.1, 0.15) is 0 Å². The van der Waals surface area contributed by atoms with Crippen molar-refractivity contribution in [2.45, 2.75) is 13.5 Å². The Balaban J connectivity index is 2.08. The Morgan fingerprint density at radius 3 is 2.80 bits per heavy atom. The predicted molar refractivity (Wildman–Crippen MR) is 78.3 cm³/mol. The van der Waals surface area contributed by atoms with Gasteiger partial charge >= 0.3 is 0 Å². The molecule has 5 heteroatoms. The number of phenols is 1. The summed E-state index contributed by atoms with van der Waals surface area (Å²) >= 11 is 0. The average Bonchev–Trinajstić information content (AvgIpc) is 2.43. The number of hydrogen-bond acceptors (Lipinski definition) is 4. The van der Waals surface area contributed by atoms with Crippen molar-refractivity contribution < 1.29 is 9.84 Å². The number of ether oxygens (including phenoxy) is 1. The Hall–Kier alpha value is -2.43. The van der Waals surface area contributed by atoms with Gasteiger partial charge in [-0.25, -0.2) is 0 Å². The predicted octanol–water partition coefficient (Wildman–Crippen LogP) is 2.10. The zero-order chi connectivity index (χ0) is 14.5. The molecule has 0 spiro atoms. The minimum atomic E-state index is -0.0428. The van der Waals surface area contributed by atoms with E-state index in [1.54, 1.807) is 31.4 Å². The summed E-state index contributed by atoms with van der Waals surface area (Å²) in [6, 6.07) is 8.50. The maximum atomic E-state index is 11.3. The topological polar surface area (TPSA) is 63.5 Å². The summed E-state index contributed by atoms with van der Waals surface area (Å²) in [6.45, 7) is 2.96. The van der Waals surface area contributed by atoms with Gasteiger partial charge in [0.05, 0.1) is 12.3 Å². The molecule has 0 aliphatic rings. The Morgan fingerprint density at radius 1 is 1.30 bits per heavy atom. The number of aromatic hydroxyl groups is 1. The molecule has 20 heavy (non-hydrogen) atoms. The molecule has 2 rings (SSSR count). The zero-order valence-corrected chi connectivity index (χ0v) is 11.6. The summed E-state index contributed by atoms with van der Waals surface area (Å²) in [5.74, 6) is 0.616. The van der Waals surface area contributed by atoms with Crippen molar-refractivity contribution in [1.82, 2.24) is 4.57 Å². The number of rotatable bonds is 5. The number of anilines is 1. The summed E-state index contributed by atoms with van der Waals surface area (Å²) in [7, 11) is 1.71. The molecule has 0 aliphatic heterocycles. The van der Waals surface area contributed by atoms with E-state index in [1.807, 2.05) is 13.0 Å². The van der Waals surface area contributed by atoms with Crippen LogP contribution in [0.5, 0.6) is 11.5 Å². The third-order valence-corrected chi connectivity index (χ3v) is 2.91. The van der Waals surface area contributed by atoms with Crippen LogP contribution >= 0.6 is 0 Å². The highest BCUT2D eigenvalue weighted by molar-refractivity contribution is 5.45. The Morgan fingerprint density at radius 2 is 2.10 bits per heavy atom. The van der Waals surface area contributed by atoms with Gasteiger partial charge < -0.3 is 19.7 Å². The second kappa shape index (κ2) is 6.14. The SMILES string of the molecule is CCOc1cc(CNc2ccc(=O)n(C)c2)ccc1O. The van der Waals surface area contributed by atoms with Crippen LogP contribution in [0, 0.1) is 0 Å². The molecular formula is C15H18N2O3. The molecule has 0 atom stereocenters. The first-order chi connectivity index (χ1) is 9.60. The van der Waals surface area contributed by atoms with Crippen LogP contribution in [0.2, 0.25) is 0 Å². The van der Waals surface area contributed by atoms with Gasteiger partial charge in [0, 0.05) is 25.9 Å². The van der Waals surface area contributed by atoms with Crippen molar-refractivity contribution in [2.75, 3.05) is 11.9 Å². The van der Waals surface area contributed by atoms with E-state index in [0.29, 0.717) is 18.9 Å². The minimum absolute atomic E-state index is 0.0428. The van der Waals surface area contributed by atoms with E-state index in [4.69, 9.17) is 4.74 Å². The summed E-state index contributed by atoms with van der Waals surface area (Å²) in [6.07, 6.45) is 1.74. The first kappa shape index (κ1) is 14.0. The summed E-state index contributed by atoms with van der Waals surface area (Å²) in [4.78, 5) is 11.3. The standard InChI is InChI=1S/C15H18N2O3/c1-3-20-14-8-11(4-6-13(14)18)9-16-12-5-7-15(19)17(2)10-12/h4-8,10,16,18H,3,9H2,1-2H3. The van der Waals surface area contributed by atoms with Crippen molar-refractivity contribution in [3.05, 3.63) is 52.4 Å². The van der Waals surface area contributed by atoms with Gasteiger partial charge in [0.2, 0.25) is 5.56 Å². The molecule has 2 aromatic rings. The molecule has 0 unspecified atom stereocenters. The van der Waals surface area contributed by atoms with Gasteiger partial charge in [0.25, 0.3) is 0 Å². The first-order valence-electron chi connectivity index (χ1n) is 6.45. The highest BCUT2D eigenvalue weighted by Gasteiger charge is 2.03. The minimum Gasteiger partial charge on any atom is -0.504 e. The first-order valence-corrected chi connectivity index (χ1v) is 6.45. The lowest BCUT2D eigenvalue weighted by molar-refractivity contribution is 0.318. The highest BCUT2D eigenvalue weighted by Crippen LogP contribution is 2.27. The summed E-state index contributed by atoms with van der Waals surface area (Å²) < 4.78 is 6.86. The maximum Gasteiger partial charge on any atom is 0.250 e. The molecule has 0 aliphatic carbocycles. The van der Waals surface area contributed by atoms with Crippen LogP contribution in [0.1, 0.15) is 12.5 Å². The van der Waals surface area contributed by atoms with Crippen LogP contribution in [0.3, 0.4) is 0 Å². The van der Waals surface area contributed by atoms with Crippen molar-refractivity contribution in [1.29, 1.82) is 0 Å². The number of aryl methyl sites for hydroxylation is 1. The molecule has 1 aromatic heterocycles. The van der Waals surface area contributed by atoms with Crippen molar-refractivity contribution >= 4 is 5.69 Å². The number of benzene rings is 1. The molecule has 5 nitrogen and oxygen atoms in total. The quantitative estimate of drug-likeness (QED) is 0.876. The molecule has 2 N–H and O–H groups in total. The molecule has 106 valence electrons. The fourth-order valence-electron chi connectivity index (χ4n) is 1.84. The van der Waals surface area contributed by atoms with Gasteiger partial charge in [-0.3, -0.25) is 4.79 Å². The average molecular weight is 274 g/mol. The van der Waals surface area contributed by atoms with Crippen molar-refractivity contribution in [2.24, 2.45) is 7.05 Å². The lowest BCUT2D eigenvalue weighted by Crippen LogP contribution is -2.15. The second-order valence-electron chi connectivity index (χ2n) is 4.46. The Bertz CT molecular complexity index is 650. The van der Waals surface area contributed by atoms with Gasteiger partial charge in [-0.05, 0) is 30.7 Å². The Labute approximate surface area is 117 Å². The largest absolute Gasteiger partial charge is 0.504 e. The van der Waals surface area contributed by atoms with E-state index in [1.165, 1.54) is 10.6 Å². The smallest absolute Gasteiger partial charge is 0.250 e. The van der Waals surface area contributed by atoms with Crippen LogP contribution in [-0.2, 0) is 13.6 Å².